The molecule has 1 aromatic carbocycles. The van der Waals surface area contributed by atoms with E-state index in [9.17, 15) is 4.79 Å². The number of piperidine rings is 1. The van der Waals surface area contributed by atoms with Crippen LogP contribution in [0.15, 0.2) is 35.7 Å². The van der Waals surface area contributed by atoms with E-state index < -0.39 is 0 Å². The van der Waals surface area contributed by atoms with Gasteiger partial charge in [0.15, 0.2) is 5.16 Å². The summed E-state index contributed by atoms with van der Waals surface area (Å²) in [4.78, 5) is 14.3. The first-order valence-corrected chi connectivity index (χ1v) is 9.06. The molecule has 1 aromatic heterocycles. The largest absolute Gasteiger partial charge is 0.342 e. The van der Waals surface area contributed by atoms with Gasteiger partial charge in [0.1, 0.15) is 6.33 Å². The highest BCUT2D eigenvalue weighted by Crippen LogP contribution is 2.23. The van der Waals surface area contributed by atoms with Crippen LogP contribution in [0, 0.1) is 5.92 Å². The lowest BCUT2D eigenvalue weighted by Crippen LogP contribution is -2.38. The van der Waals surface area contributed by atoms with Crippen molar-refractivity contribution in [3.05, 3.63) is 35.6 Å². The number of aromatic nitrogens is 3. The Balaban J connectivity index is 1.63. The Hall–Kier alpha value is -1.53. The van der Waals surface area contributed by atoms with Crippen LogP contribution in [0.1, 0.15) is 19.8 Å². The molecule has 1 aliphatic heterocycles. The predicted molar refractivity (Wildman–Crippen MR) is 92.1 cm³/mol. The number of carbonyl (C=O) groups excluding carboxylic acids is 1. The molecule has 0 N–H and O–H groups in total. The van der Waals surface area contributed by atoms with E-state index in [1.165, 1.54) is 11.8 Å². The van der Waals surface area contributed by atoms with Gasteiger partial charge in [0.05, 0.1) is 11.4 Å². The van der Waals surface area contributed by atoms with E-state index in [-0.39, 0.29) is 5.91 Å². The third-order valence-corrected chi connectivity index (χ3v) is 5.23. The minimum absolute atomic E-state index is 0.169. The number of thioether (sulfide) groups is 1. The van der Waals surface area contributed by atoms with Crippen molar-refractivity contribution in [2.24, 2.45) is 5.92 Å². The Labute approximate surface area is 145 Å². The lowest BCUT2D eigenvalue weighted by atomic mass is 9.99. The van der Waals surface area contributed by atoms with Gasteiger partial charge in [-0.3, -0.25) is 9.36 Å². The number of hydrogen-bond donors (Lipinski definition) is 0. The topological polar surface area (TPSA) is 51.0 Å². The molecule has 1 fully saturated rings. The monoisotopic (exact) mass is 350 g/mol. The Bertz CT molecular complexity index is 682. The SMILES string of the molecule is CC1CCN(C(=O)CSc2nncn2-c2cccc(Cl)c2)CC1. The lowest BCUT2D eigenvalue weighted by molar-refractivity contribution is -0.129. The van der Waals surface area contributed by atoms with E-state index in [1.807, 2.05) is 33.7 Å². The van der Waals surface area contributed by atoms with Crippen LogP contribution in [0.5, 0.6) is 0 Å². The van der Waals surface area contributed by atoms with E-state index >= 15 is 0 Å². The van der Waals surface area contributed by atoms with Crippen LogP contribution in [0.2, 0.25) is 5.02 Å². The molecule has 0 atom stereocenters. The summed E-state index contributed by atoms with van der Waals surface area (Å²) < 4.78 is 1.85. The molecule has 1 amide bonds. The first kappa shape index (κ1) is 16.3. The van der Waals surface area contributed by atoms with Gasteiger partial charge in [0, 0.05) is 18.1 Å². The fourth-order valence-corrected chi connectivity index (χ4v) is 3.62. The second-order valence-corrected chi connectivity index (χ2v) is 7.19. The number of amides is 1. The highest BCUT2D eigenvalue weighted by atomic mass is 35.5. The van der Waals surface area contributed by atoms with Gasteiger partial charge in [-0.15, -0.1) is 10.2 Å². The van der Waals surface area contributed by atoms with E-state index in [0.29, 0.717) is 15.9 Å². The quantitative estimate of drug-likeness (QED) is 0.794. The number of halogens is 1. The van der Waals surface area contributed by atoms with E-state index in [2.05, 4.69) is 17.1 Å². The van der Waals surface area contributed by atoms with Crippen molar-refractivity contribution in [2.45, 2.75) is 24.9 Å². The lowest BCUT2D eigenvalue weighted by Gasteiger charge is -2.30. The summed E-state index contributed by atoms with van der Waals surface area (Å²) in [5.41, 5.74) is 0.893. The van der Waals surface area contributed by atoms with Crippen molar-refractivity contribution in [3.8, 4) is 5.69 Å². The van der Waals surface area contributed by atoms with Crippen LogP contribution < -0.4 is 0 Å². The predicted octanol–water partition coefficient (Wildman–Crippen LogP) is 3.27. The molecule has 3 rings (SSSR count). The van der Waals surface area contributed by atoms with Gasteiger partial charge in [-0.25, -0.2) is 0 Å². The number of hydrogen-bond acceptors (Lipinski definition) is 4. The normalized spacial score (nSPS) is 15.8. The molecule has 0 saturated carbocycles. The van der Waals surface area contributed by atoms with Crippen LogP contribution in [-0.4, -0.2) is 44.4 Å². The van der Waals surface area contributed by atoms with Gasteiger partial charge >= 0.3 is 0 Å². The summed E-state index contributed by atoms with van der Waals surface area (Å²) in [6.45, 7) is 3.97. The molecule has 0 bridgehead atoms. The molecule has 0 unspecified atom stereocenters. The number of nitrogens with zero attached hydrogens (tertiary/aromatic N) is 4. The van der Waals surface area contributed by atoms with Crippen LogP contribution in [0.3, 0.4) is 0 Å². The summed E-state index contributed by atoms with van der Waals surface area (Å²) in [6, 6.07) is 7.49. The van der Waals surface area contributed by atoms with Crippen molar-refractivity contribution >= 4 is 29.3 Å². The fraction of sp³-hybridized carbons (Fsp3) is 0.438. The molecule has 23 heavy (non-hydrogen) atoms. The molecule has 1 saturated heterocycles. The van der Waals surface area contributed by atoms with Crippen molar-refractivity contribution in [2.75, 3.05) is 18.8 Å². The van der Waals surface area contributed by atoms with Gasteiger partial charge in [-0.2, -0.15) is 0 Å². The number of benzene rings is 1. The summed E-state index contributed by atoms with van der Waals surface area (Å²) in [7, 11) is 0. The summed E-state index contributed by atoms with van der Waals surface area (Å²) in [5, 5.41) is 9.42. The van der Waals surface area contributed by atoms with Gasteiger partial charge in [-0.1, -0.05) is 36.4 Å². The Morgan fingerprint density at radius 1 is 1.39 bits per heavy atom. The van der Waals surface area contributed by atoms with Gasteiger partial charge in [0.2, 0.25) is 5.91 Å². The van der Waals surface area contributed by atoms with E-state index in [1.54, 1.807) is 6.33 Å². The molecule has 0 aliphatic carbocycles. The first-order chi connectivity index (χ1) is 11.1. The number of rotatable bonds is 4. The maximum atomic E-state index is 12.3. The molecule has 1 aliphatic rings. The second-order valence-electron chi connectivity index (χ2n) is 5.82. The van der Waals surface area contributed by atoms with Crippen LogP contribution in [0.4, 0.5) is 0 Å². The van der Waals surface area contributed by atoms with Crippen LogP contribution in [0.25, 0.3) is 5.69 Å². The first-order valence-electron chi connectivity index (χ1n) is 7.70. The highest BCUT2D eigenvalue weighted by molar-refractivity contribution is 7.99. The minimum Gasteiger partial charge on any atom is -0.342 e. The Morgan fingerprint density at radius 3 is 2.91 bits per heavy atom. The zero-order chi connectivity index (χ0) is 16.2. The van der Waals surface area contributed by atoms with Gasteiger partial charge in [0.25, 0.3) is 0 Å². The maximum absolute atomic E-state index is 12.3. The average molecular weight is 351 g/mol. The van der Waals surface area contributed by atoms with Gasteiger partial charge in [-0.05, 0) is 37.0 Å². The van der Waals surface area contributed by atoms with E-state index in [4.69, 9.17) is 11.6 Å². The van der Waals surface area contributed by atoms with Crippen LogP contribution in [-0.2, 0) is 4.79 Å². The Morgan fingerprint density at radius 2 is 2.17 bits per heavy atom. The number of carbonyl (C=O) groups is 1. The third-order valence-electron chi connectivity index (χ3n) is 4.06. The molecular weight excluding hydrogens is 332 g/mol. The molecule has 7 heteroatoms. The van der Waals surface area contributed by atoms with Gasteiger partial charge < -0.3 is 4.90 Å². The Kier molecular flexibility index (Phi) is 5.23. The zero-order valence-corrected chi connectivity index (χ0v) is 14.6. The van der Waals surface area contributed by atoms with Crippen LogP contribution >= 0.6 is 23.4 Å². The van der Waals surface area contributed by atoms with Crippen molar-refractivity contribution < 1.29 is 4.79 Å². The van der Waals surface area contributed by atoms with Crippen molar-refractivity contribution in [3.63, 3.8) is 0 Å². The molecule has 2 aromatic rings. The maximum Gasteiger partial charge on any atom is 0.233 e. The molecular formula is C16H19ClN4OS. The fourth-order valence-electron chi connectivity index (χ4n) is 2.60. The van der Waals surface area contributed by atoms with E-state index in [0.717, 1.165) is 37.5 Å². The summed E-state index contributed by atoms with van der Waals surface area (Å²) in [5.74, 6) is 1.27. The zero-order valence-electron chi connectivity index (χ0n) is 13.0. The van der Waals surface area contributed by atoms with Crippen molar-refractivity contribution in [1.29, 1.82) is 0 Å². The number of likely N-dealkylation sites (tertiary alicyclic amines) is 1. The molecule has 2 heterocycles. The minimum atomic E-state index is 0.169. The summed E-state index contributed by atoms with van der Waals surface area (Å²) in [6.07, 6.45) is 3.82. The second kappa shape index (κ2) is 7.36. The standard InChI is InChI=1S/C16H19ClN4OS/c1-12-5-7-20(8-6-12)15(22)10-23-16-19-18-11-21(16)14-4-2-3-13(17)9-14/h2-4,9,11-12H,5-8,10H2,1H3. The third kappa shape index (κ3) is 4.06. The molecule has 5 nitrogen and oxygen atoms in total. The molecule has 0 radical (unpaired) electrons. The smallest absolute Gasteiger partial charge is 0.233 e. The highest BCUT2D eigenvalue weighted by Gasteiger charge is 2.21. The molecule has 122 valence electrons. The average Bonchev–Trinajstić information content (AvgIpc) is 3.02. The molecule has 0 spiro atoms. The van der Waals surface area contributed by atoms with Crippen molar-refractivity contribution in [1.82, 2.24) is 19.7 Å². The summed E-state index contributed by atoms with van der Waals surface area (Å²) >= 11 is 7.45.